The molecule has 1 N–H and O–H groups in total. The molecular formula is C7H13NO3. The Morgan fingerprint density at radius 3 is 2.27 bits per heavy atom. The van der Waals surface area contributed by atoms with Gasteiger partial charge in [-0.2, -0.15) is 0 Å². The monoisotopic (exact) mass is 159 g/mol. The molecule has 0 radical (unpaired) electrons. The average molecular weight is 159 g/mol. The maximum Gasteiger partial charge on any atom is 0.233 e. The fraction of sp³-hybridized carbons (Fsp3) is 0.857. The summed E-state index contributed by atoms with van der Waals surface area (Å²) in [6.07, 6.45) is 1.01. The quantitative estimate of drug-likeness (QED) is 0.558. The van der Waals surface area contributed by atoms with Crippen LogP contribution in [-0.2, 0) is 9.63 Å². The first-order valence-corrected chi connectivity index (χ1v) is 3.53. The molecule has 1 heterocycles. The first-order chi connectivity index (χ1) is 4.87. The third-order valence-electron chi connectivity index (χ3n) is 1.75. The second-order valence-electron chi connectivity index (χ2n) is 3.69. The number of aliphatic hydroxyl groups is 1. The molecule has 0 spiro atoms. The van der Waals surface area contributed by atoms with Crippen LogP contribution >= 0.6 is 0 Å². The summed E-state index contributed by atoms with van der Waals surface area (Å²) >= 11 is 0. The van der Waals surface area contributed by atoms with Gasteiger partial charge in [0, 0.05) is 6.42 Å². The van der Waals surface area contributed by atoms with Gasteiger partial charge >= 0.3 is 0 Å². The Labute approximate surface area is 65.7 Å². The smallest absolute Gasteiger partial charge is 0.233 e. The van der Waals surface area contributed by atoms with Gasteiger partial charge in [0.1, 0.15) is 0 Å². The highest BCUT2D eigenvalue weighted by Crippen LogP contribution is 2.34. The van der Waals surface area contributed by atoms with E-state index in [1.54, 1.807) is 0 Å². The molecule has 0 aliphatic carbocycles. The van der Waals surface area contributed by atoms with Crippen molar-refractivity contribution in [2.45, 2.75) is 38.5 Å². The molecule has 0 aromatic rings. The van der Waals surface area contributed by atoms with Gasteiger partial charge in [-0.15, -0.1) is 0 Å². The van der Waals surface area contributed by atoms with E-state index >= 15 is 0 Å². The van der Waals surface area contributed by atoms with E-state index in [1.807, 2.05) is 13.8 Å². The number of hydroxylamine groups is 2. The molecule has 0 bridgehead atoms. The Morgan fingerprint density at radius 1 is 1.55 bits per heavy atom. The Kier molecular flexibility index (Phi) is 1.69. The fourth-order valence-electron chi connectivity index (χ4n) is 1.41. The third-order valence-corrected chi connectivity index (χ3v) is 1.75. The van der Waals surface area contributed by atoms with Gasteiger partial charge in [-0.05, 0) is 20.8 Å². The molecule has 0 aromatic carbocycles. The Balaban J connectivity index is 2.79. The Morgan fingerprint density at radius 2 is 2.09 bits per heavy atom. The van der Waals surface area contributed by atoms with Crippen molar-refractivity contribution in [3.8, 4) is 0 Å². The van der Waals surface area contributed by atoms with Crippen LogP contribution < -0.4 is 0 Å². The zero-order valence-corrected chi connectivity index (χ0v) is 7.00. The largest absolute Gasteiger partial charge is 0.364 e. The maximum atomic E-state index is 10.4. The van der Waals surface area contributed by atoms with Gasteiger partial charge in [-0.25, -0.2) is 9.90 Å². The van der Waals surface area contributed by atoms with Crippen molar-refractivity contribution in [1.82, 2.24) is 5.06 Å². The van der Waals surface area contributed by atoms with Crippen LogP contribution in [0.4, 0.5) is 0 Å². The molecule has 1 aliphatic rings. The Hall–Kier alpha value is -0.610. The lowest BCUT2D eigenvalue weighted by atomic mass is 9.97. The minimum atomic E-state index is -1.20. The molecule has 1 atom stereocenters. The third kappa shape index (κ3) is 1.52. The highest BCUT2D eigenvalue weighted by molar-refractivity contribution is 5.47. The van der Waals surface area contributed by atoms with E-state index in [4.69, 9.17) is 4.84 Å². The van der Waals surface area contributed by atoms with Crippen LogP contribution in [0.15, 0.2) is 0 Å². The lowest BCUT2D eigenvalue weighted by Crippen LogP contribution is -2.35. The number of carbonyl (C=O) groups is 1. The molecule has 1 fully saturated rings. The highest BCUT2D eigenvalue weighted by atomic mass is 16.8. The number of rotatable bonds is 1. The standard InChI is InChI=1S/C7H13NO3/c1-6(2)4-7(3,10)11-8(6)5-9/h5,10H,4H2,1-3H3/t7-/m1/s1. The second-order valence-corrected chi connectivity index (χ2v) is 3.69. The topological polar surface area (TPSA) is 49.8 Å². The van der Waals surface area contributed by atoms with E-state index in [9.17, 15) is 9.90 Å². The summed E-state index contributed by atoms with van der Waals surface area (Å²) in [5, 5.41) is 10.6. The van der Waals surface area contributed by atoms with E-state index in [-0.39, 0.29) is 0 Å². The van der Waals surface area contributed by atoms with Crippen LogP contribution in [0.1, 0.15) is 27.2 Å². The fourth-order valence-corrected chi connectivity index (χ4v) is 1.41. The highest BCUT2D eigenvalue weighted by Gasteiger charge is 2.45. The zero-order valence-electron chi connectivity index (χ0n) is 7.00. The van der Waals surface area contributed by atoms with Gasteiger partial charge in [-0.1, -0.05) is 0 Å². The lowest BCUT2D eigenvalue weighted by molar-refractivity contribution is -0.266. The minimum absolute atomic E-state index is 0.411. The second kappa shape index (κ2) is 2.19. The van der Waals surface area contributed by atoms with Crippen molar-refractivity contribution < 1.29 is 14.7 Å². The van der Waals surface area contributed by atoms with Crippen LogP contribution in [-0.4, -0.2) is 27.9 Å². The summed E-state index contributed by atoms with van der Waals surface area (Å²) in [6.45, 7) is 5.21. The molecule has 0 aromatic heterocycles. The number of carbonyl (C=O) groups excluding carboxylic acids is 1. The first kappa shape index (κ1) is 8.49. The van der Waals surface area contributed by atoms with Crippen molar-refractivity contribution in [1.29, 1.82) is 0 Å². The van der Waals surface area contributed by atoms with Crippen LogP contribution in [0, 0.1) is 0 Å². The maximum absolute atomic E-state index is 10.4. The normalized spacial score (nSPS) is 35.8. The molecule has 1 amide bonds. The number of hydrogen-bond donors (Lipinski definition) is 1. The summed E-state index contributed by atoms with van der Waals surface area (Å²) in [5.41, 5.74) is -0.411. The van der Waals surface area contributed by atoms with Crippen LogP contribution in [0.25, 0.3) is 0 Å². The predicted octanol–water partition coefficient (Wildman–Crippen LogP) is 0.267. The Bertz CT molecular complexity index is 177. The summed E-state index contributed by atoms with van der Waals surface area (Å²) < 4.78 is 0. The number of amides is 1. The van der Waals surface area contributed by atoms with Crippen molar-refractivity contribution in [3.05, 3.63) is 0 Å². The summed E-state index contributed by atoms with van der Waals surface area (Å²) in [6, 6.07) is 0. The van der Waals surface area contributed by atoms with E-state index in [1.165, 1.54) is 6.92 Å². The molecule has 64 valence electrons. The zero-order chi connectivity index (χ0) is 8.70. The summed E-state index contributed by atoms with van der Waals surface area (Å²) in [4.78, 5) is 15.3. The van der Waals surface area contributed by atoms with Gasteiger partial charge in [0.15, 0.2) is 5.79 Å². The lowest BCUT2D eigenvalue weighted by Gasteiger charge is -2.23. The molecule has 0 saturated carbocycles. The van der Waals surface area contributed by atoms with Gasteiger partial charge in [0.05, 0.1) is 5.54 Å². The van der Waals surface area contributed by atoms with Gasteiger partial charge < -0.3 is 5.11 Å². The van der Waals surface area contributed by atoms with Gasteiger partial charge in [0.25, 0.3) is 0 Å². The van der Waals surface area contributed by atoms with Gasteiger partial charge in [0.2, 0.25) is 6.41 Å². The van der Waals surface area contributed by atoms with Crippen molar-refractivity contribution in [2.24, 2.45) is 0 Å². The van der Waals surface area contributed by atoms with Gasteiger partial charge in [-0.3, -0.25) is 4.79 Å². The minimum Gasteiger partial charge on any atom is -0.364 e. The van der Waals surface area contributed by atoms with E-state index in [0.717, 1.165) is 5.06 Å². The molecule has 0 unspecified atom stereocenters. The molecule has 1 rings (SSSR count). The molecule has 11 heavy (non-hydrogen) atoms. The molecule has 1 aliphatic heterocycles. The molecule has 1 saturated heterocycles. The van der Waals surface area contributed by atoms with Crippen LogP contribution in [0.2, 0.25) is 0 Å². The summed E-state index contributed by atoms with van der Waals surface area (Å²) in [5.74, 6) is -1.20. The average Bonchev–Trinajstić information content (AvgIpc) is 1.99. The van der Waals surface area contributed by atoms with Crippen molar-refractivity contribution in [2.75, 3.05) is 0 Å². The van der Waals surface area contributed by atoms with E-state index in [0.29, 0.717) is 12.8 Å². The van der Waals surface area contributed by atoms with E-state index < -0.39 is 11.3 Å². The predicted molar refractivity (Wildman–Crippen MR) is 38.3 cm³/mol. The molecule has 4 heteroatoms. The number of hydrogen-bond acceptors (Lipinski definition) is 3. The first-order valence-electron chi connectivity index (χ1n) is 3.53. The van der Waals surface area contributed by atoms with Crippen molar-refractivity contribution in [3.63, 3.8) is 0 Å². The SMILES string of the molecule is CC1(C)C[C@](C)(O)ON1C=O. The number of nitrogens with zero attached hydrogens (tertiary/aromatic N) is 1. The van der Waals surface area contributed by atoms with Crippen molar-refractivity contribution >= 4 is 6.41 Å². The van der Waals surface area contributed by atoms with Crippen LogP contribution in [0.3, 0.4) is 0 Å². The molecule has 4 nitrogen and oxygen atoms in total. The van der Waals surface area contributed by atoms with Crippen LogP contribution in [0.5, 0.6) is 0 Å². The van der Waals surface area contributed by atoms with E-state index in [2.05, 4.69) is 0 Å². The summed E-state index contributed by atoms with van der Waals surface area (Å²) in [7, 11) is 0. The molecular weight excluding hydrogens is 146 g/mol.